The molecule has 0 radical (unpaired) electrons. The third-order valence-corrected chi connectivity index (χ3v) is 6.96. The van der Waals surface area contributed by atoms with Gasteiger partial charge in [0.15, 0.2) is 11.5 Å². The van der Waals surface area contributed by atoms with Gasteiger partial charge in [0, 0.05) is 30.3 Å². The van der Waals surface area contributed by atoms with Crippen molar-refractivity contribution in [3.8, 4) is 51.6 Å². The monoisotopic (exact) mass is 625 g/mol. The average Bonchev–Trinajstić information content (AvgIpc) is 3.01. The molecule has 3 aromatic carbocycles. The fourth-order valence-electron chi connectivity index (χ4n) is 4.59. The largest absolute Gasteiger partial charge is 0.508 e. The average molecular weight is 626 g/mol. The molecule has 4 aromatic rings. The van der Waals surface area contributed by atoms with Crippen molar-refractivity contribution in [2.24, 2.45) is 0 Å². The standard InChI is InChI=1S/C31H28O14/c1-41-22-9-15(8-20(35)26(22)37)30-23(12-18-19(34)10-17(33)11-21(18)43-30)44-31-29(40)28(39)27(38)24(45-31)13-42-25(36)7-4-14-2-5-16(32)6-3-14/h2-12,24,27-29,31,38-40H,13H2,1H3,(H4-,32,33,34,35,36,37)/p+1/t24?,27-,28?,29?,31-/m1/s1. The van der Waals surface area contributed by atoms with E-state index in [4.69, 9.17) is 23.4 Å². The van der Waals surface area contributed by atoms with Crippen LogP contribution in [-0.4, -0.2) is 91.2 Å². The second kappa shape index (κ2) is 12.8. The number of ether oxygens (including phenoxy) is 4. The predicted molar refractivity (Wildman–Crippen MR) is 155 cm³/mol. The maximum atomic E-state index is 12.3. The topological polar surface area (TPSA) is 227 Å². The van der Waals surface area contributed by atoms with E-state index in [1.165, 1.54) is 43.5 Å². The molecule has 1 saturated heterocycles. The fourth-order valence-corrected chi connectivity index (χ4v) is 4.59. The van der Waals surface area contributed by atoms with Crippen LogP contribution in [0.1, 0.15) is 5.56 Å². The number of rotatable bonds is 8. The van der Waals surface area contributed by atoms with Crippen LogP contribution >= 0.6 is 0 Å². The summed E-state index contributed by atoms with van der Waals surface area (Å²) >= 11 is 0. The Morgan fingerprint density at radius 1 is 0.867 bits per heavy atom. The lowest BCUT2D eigenvalue weighted by Gasteiger charge is -2.39. The Balaban J connectivity index is 1.43. The number of esters is 1. The number of carbonyl (C=O) groups excluding carboxylic acids is 1. The Labute approximate surface area is 254 Å². The van der Waals surface area contributed by atoms with Crippen molar-refractivity contribution >= 4 is 23.0 Å². The number of fused-ring (bicyclic) bond motifs is 1. The van der Waals surface area contributed by atoms with Crippen LogP contribution in [0.5, 0.6) is 40.2 Å². The highest BCUT2D eigenvalue weighted by Gasteiger charge is 2.46. The summed E-state index contributed by atoms with van der Waals surface area (Å²) in [7, 11) is 1.25. The molecule has 14 heteroatoms. The zero-order valence-corrected chi connectivity index (χ0v) is 23.5. The van der Waals surface area contributed by atoms with E-state index in [0.29, 0.717) is 5.56 Å². The SMILES string of the molecule is COc1cc(-c2[o+]c3cc(O)cc(O)c3cc2O[C@@H]2OC(COC(=O)/C=C/c3ccc(O)cc3)[C@@H](O)C(O)C2O)cc(O)c1O. The molecule has 1 aromatic heterocycles. The highest BCUT2D eigenvalue weighted by atomic mass is 16.7. The molecule has 5 atom stereocenters. The lowest BCUT2D eigenvalue weighted by Crippen LogP contribution is -2.60. The van der Waals surface area contributed by atoms with Crippen molar-refractivity contribution in [2.45, 2.75) is 30.7 Å². The first-order chi connectivity index (χ1) is 21.4. The highest BCUT2D eigenvalue weighted by Crippen LogP contribution is 2.45. The van der Waals surface area contributed by atoms with Crippen LogP contribution in [0, 0.1) is 0 Å². The minimum Gasteiger partial charge on any atom is -0.508 e. The highest BCUT2D eigenvalue weighted by molar-refractivity contribution is 5.89. The Bertz CT molecular complexity index is 1740. The van der Waals surface area contributed by atoms with Crippen molar-refractivity contribution in [3.05, 3.63) is 66.2 Å². The van der Waals surface area contributed by atoms with E-state index in [0.717, 1.165) is 18.2 Å². The molecule has 1 aliphatic rings. The van der Waals surface area contributed by atoms with Gasteiger partial charge >= 0.3 is 17.3 Å². The first-order valence-corrected chi connectivity index (χ1v) is 13.4. The number of carbonyl (C=O) groups is 1. The molecule has 0 spiro atoms. The molecule has 236 valence electrons. The summed E-state index contributed by atoms with van der Waals surface area (Å²) in [4.78, 5) is 12.3. The molecule has 5 rings (SSSR count). The van der Waals surface area contributed by atoms with Gasteiger partial charge in [-0.15, -0.1) is 0 Å². The summed E-state index contributed by atoms with van der Waals surface area (Å²) in [5, 5.41) is 82.0. The summed E-state index contributed by atoms with van der Waals surface area (Å²) in [6.07, 6.45) is -5.87. The fraction of sp³-hybridized carbons (Fsp3) is 0.226. The molecule has 0 saturated carbocycles. The van der Waals surface area contributed by atoms with E-state index in [9.17, 15) is 45.6 Å². The second-order valence-corrected chi connectivity index (χ2v) is 10.1. The Hall–Kier alpha value is -5.28. The quantitative estimate of drug-likeness (QED) is 0.0609. The van der Waals surface area contributed by atoms with Crippen LogP contribution in [0.25, 0.3) is 28.4 Å². The van der Waals surface area contributed by atoms with Crippen LogP contribution in [0.3, 0.4) is 0 Å². The lowest BCUT2D eigenvalue weighted by molar-refractivity contribution is -0.278. The van der Waals surface area contributed by atoms with Gasteiger partial charge in [-0.25, -0.2) is 9.21 Å². The zero-order valence-electron chi connectivity index (χ0n) is 23.5. The molecule has 8 N–H and O–H groups in total. The van der Waals surface area contributed by atoms with Gasteiger partial charge in [0.05, 0.1) is 18.7 Å². The van der Waals surface area contributed by atoms with Gasteiger partial charge in [0.25, 0.3) is 0 Å². The van der Waals surface area contributed by atoms with Crippen LogP contribution in [0.2, 0.25) is 0 Å². The summed E-state index contributed by atoms with van der Waals surface area (Å²) in [6.45, 7) is -0.554. The molecule has 45 heavy (non-hydrogen) atoms. The van der Waals surface area contributed by atoms with Gasteiger partial charge in [-0.3, -0.25) is 0 Å². The van der Waals surface area contributed by atoms with Gasteiger partial charge in [0.1, 0.15) is 53.7 Å². The number of methoxy groups -OCH3 is 1. The Morgan fingerprint density at radius 3 is 2.31 bits per heavy atom. The number of hydrogen-bond acceptors (Lipinski definition) is 13. The van der Waals surface area contributed by atoms with E-state index in [2.05, 4.69) is 0 Å². The first-order valence-electron chi connectivity index (χ1n) is 13.4. The molecular weight excluding hydrogens is 596 g/mol. The third kappa shape index (κ3) is 6.63. The van der Waals surface area contributed by atoms with Gasteiger partial charge < -0.3 is 59.8 Å². The smallest absolute Gasteiger partial charge is 0.402 e. The molecule has 0 bridgehead atoms. The Kier molecular flexibility index (Phi) is 8.83. The van der Waals surface area contributed by atoms with Crippen molar-refractivity contribution in [2.75, 3.05) is 13.7 Å². The number of aliphatic hydroxyl groups excluding tert-OH is 3. The van der Waals surface area contributed by atoms with Crippen LogP contribution in [-0.2, 0) is 14.3 Å². The van der Waals surface area contributed by atoms with Gasteiger partial charge in [-0.2, -0.15) is 0 Å². The zero-order chi connectivity index (χ0) is 32.4. The maximum Gasteiger partial charge on any atom is 0.402 e. The summed E-state index contributed by atoms with van der Waals surface area (Å²) in [5.74, 6) is -3.13. The van der Waals surface area contributed by atoms with Gasteiger partial charge in [-0.05, 0) is 23.8 Å². The molecule has 0 amide bonds. The van der Waals surface area contributed by atoms with Crippen molar-refractivity contribution in [1.82, 2.24) is 0 Å². The van der Waals surface area contributed by atoms with Crippen LogP contribution in [0.4, 0.5) is 0 Å². The van der Waals surface area contributed by atoms with E-state index < -0.39 is 60.5 Å². The third-order valence-electron chi connectivity index (χ3n) is 6.96. The predicted octanol–water partition coefficient (Wildman–Crippen LogP) is 2.36. The Morgan fingerprint density at radius 2 is 1.60 bits per heavy atom. The van der Waals surface area contributed by atoms with Gasteiger partial charge in [0.2, 0.25) is 17.8 Å². The number of phenols is 5. The second-order valence-electron chi connectivity index (χ2n) is 10.1. The number of aromatic hydroxyl groups is 5. The molecular formula is C31H29O14+. The lowest BCUT2D eigenvalue weighted by atomic mass is 9.99. The molecule has 3 unspecified atom stereocenters. The minimum atomic E-state index is -1.83. The minimum absolute atomic E-state index is 0.0212. The van der Waals surface area contributed by atoms with Crippen LogP contribution in [0.15, 0.2) is 65.1 Å². The molecule has 1 fully saturated rings. The van der Waals surface area contributed by atoms with Crippen molar-refractivity contribution in [1.29, 1.82) is 0 Å². The van der Waals surface area contributed by atoms with E-state index in [-0.39, 0.29) is 45.3 Å². The van der Waals surface area contributed by atoms with E-state index in [1.54, 1.807) is 12.1 Å². The van der Waals surface area contributed by atoms with Crippen LogP contribution < -0.4 is 9.47 Å². The number of hydrogen-bond donors (Lipinski definition) is 8. The van der Waals surface area contributed by atoms with E-state index in [1.807, 2.05) is 0 Å². The molecule has 2 heterocycles. The number of aliphatic hydroxyl groups is 3. The molecule has 1 aliphatic heterocycles. The molecule has 14 nitrogen and oxygen atoms in total. The number of phenolic OH excluding ortho intramolecular Hbond substituents is 5. The van der Waals surface area contributed by atoms with Gasteiger partial charge in [-0.1, -0.05) is 12.1 Å². The number of benzene rings is 3. The summed E-state index contributed by atoms with van der Waals surface area (Å²) in [6, 6.07) is 11.9. The molecule has 0 aliphatic carbocycles. The first kappa shape index (κ1) is 31.2. The van der Waals surface area contributed by atoms with Crippen molar-refractivity contribution in [3.63, 3.8) is 0 Å². The summed E-state index contributed by atoms with van der Waals surface area (Å²) in [5.41, 5.74) is 0.661. The van der Waals surface area contributed by atoms with Crippen molar-refractivity contribution < 1.29 is 69.0 Å². The normalized spacial score (nSPS) is 21.6. The van der Waals surface area contributed by atoms with E-state index >= 15 is 0 Å². The summed E-state index contributed by atoms with van der Waals surface area (Å²) < 4.78 is 27.7. The maximum absolute atomic E-state index is 12.3.